The third-order valence-electron chi connectivity index (χ3n) is 2.38. The molecule has 0 amide bonds. The highest BCUT2D eigenvalue weighted by atomic mass is 35.5. The largest absolute Gasteiger partial charge is 0.478 e. The van der Waals surface area contributed by atoms with E-state index in [9.17, 15) is 9.18 Å². The summed E-state index contributed by atoms with van der Waals surface area (Å²) in [4.78, 5) is 11.1. The number of rotatable bonds is 3. The van der Waals surface area contributed by atoms with E-state index >= 15 is 0 Å². The van der Waals surface area contributed by atoms with Gasteiger partial charge in [0, 0.05) is 0 Å². The van der Waals surface area contributed by atoms with Crippen molar-refractivity contribution in [2.24, 2.45) is 0 Å². The lowest BCUT2D eigenvalue weighted by molar-refractivity contribution is 0.0694. The van der Waals surface area contributed by atoms with Crippen LogP contribution in [0.4, 0.5) is 10.1 Å². The number of anilines is 1. The Hall–Kier alpha value is -2.27. The second-order valence-corrected chi connectivity index (χ2v) is 4.11. The van der Waals surface area contributed by atoms with E-state index in [0.29, 0.717) is 0 Å². The molecule has 0 spiro atoms. The van der Waals surface area contributed by atoms with Gasteiger partial charge < -0.3 is 15.6 Å². The molecule has 0 bridgehead atoms. The van der Waals surface area contributed by atoms with Crippen molar-refractivity contribution >= 4 is 23.3 Å². The van der Waals surface area contributed by atoms with E-state index in [1.54, 1.807) is 0 Å². The SMILES string of the molecule is Nc1cccc(C(=O)O)c1Oc1ccc(F)cc1Cl. The van der Waals surface area contributed by atoms with Crippen molar-refractivity contribution < 1.29 is 19.0 Å². The number of nitrogen functional groups attached to an aromatic ring is 1. The van der Waals surface area contributed by atoms with Crippen molar-refractivity contribution in [1.29, 1.82) is 0 Å². The summed E-state index contributed by atoms with van der Waals surface area (Å²) in [7, 11) is 0. The minimum Gasteiger partial charge on any atom is -0.478 e. The number of halogens is 2. The third-order valence-corrected chi connectivity index (χ3v) is 2.68. The monoisotopic (exact) mass is 281 g/mol. The molecule has 0 fully saturated rings. The molecule has 2 rings (SSSR count). The van der Waals surface area contributed by atoms with Crippen molar-refractivity contribution in [3.63, 3.8) is 0 Å². The summed E-state index contributed by atoms with van der Waals surface area (Å²) in [6.07, 6.45) is 0. The summed E-state index contributed by atoms with van der Waals surface area (Å²) in [5.74, 6) is -1.59. The first-order valence-corrected chi connectivity index (χ1v) is 5.61. The van der Waals surface area contributed by atoms with Gasteiger partial charge in [-0.05, 0) is 30.3 Å². The summed E-state index contributed by atoms with van der Waals surface area (Å²) in [5, 5.41) is 9.08. The van der Waals surface area contributed by atoms with Crippen LogP contribution in [0.15, 0.2) is 36.4 Å². The van der Waals surface area contributed by atoms with E-state index in [0.717, 1.165) is 12.1 Å². The zero-order valence-corrected chi connectivity index (χ0v) is 10.3. The van der Waals surface area contributed by atoms with Gasteiger partial charge in [-0.1, -0.05) is 17.7 Å². The van der Waals surface area contributed by atoms with Crippen molar-refractivity contribution in [3.05, 3.63) is 52.8 Å². The normalized spacial score (nSPS) is 10.2. The molecule has 0 unspecified atom stereocenters. The van der Waals surface area contributed by atoms with E-state index in [1.165, 1.54) is 24.3 Å². The zero-order valence-electron chi connectivity index (χ0n) is 9.56. The highest BCUT2D eigenvalue weighted by Gasteiger charge is 2.16. The molecule has 98 valence electrons. The second-order valence-electron chi connectivity index (χ2n) is 3.71. The van der Waals surface area contributed by atoms with Gasteiger partial charge in [-0.2, -0.15) is 0 Å². The molecule has 0 aliphatic carbocycles. The summed E-state index contributed by atoms with van der Waals surface area (Å²) >= 11 is 5.81. The number of para-hydroxylation sites is 1. The van der Waals surface area contributed by atoms with Gasteiger partial charge in [0.1, 0.15) is 17.1 Å². The molecule has 6 heteroatoms. The van der Waals surface area contributed by atoms with Crippen LogP contribution in [0.3, 0.4) is 0 Å². The highest BCUT2D eigenvalue weighted by molar-refractivity contribution is 6.32. The quantitative estimate of drug-likeness (QED) is 0.844. The Morgan fingerprint density at radius 1 is 1.32 bits per heavy atom. The summed E-state index contributed by atoms with van der Waals surface area (Å²) in [6.45, 7) is 0. The average molecular weight is 282 g/mol. The van der Waals surface area contributed by atoms with Crippen molar-refractivity contribution in [2.75, 3.05) is 5.73 Å². The van der Waals surface area contributed by atoms with Crippen LogP contribution in [0.5, 0.6) is 11.5 Å². The second kappa shape index (κ2) is 5.16. The molecule has 0 heterocycles. The van der Waals surface area contributed by atoms with Gasteiger partial charge in [-0.3, -0.25) is 0 Å². The maximum absolute atomic E-state index is 12.9. The maximum atomic E-state index is 12.9. The smallest absolute Gasteiger partial charge is 0.339 e. The van der Waals surface area contributed by atoms with Gasteiger partial charge in [0.15, 0.2) is 5.75 Å². The standard InChI is InChI=1S/C13H9ClFNO3/c14-9-6-7(15)4-5-11(9)19-12-8(13(17)18)2-1-3-10(12)16/h1-6H,16H2,(H,17,18). The minimum atomic E-state index is -1.18. The average Bonchev–Trinajstić information content (AvgIpc) is 2.34. The molecular weight excluding hydrogens is 273 g/mol. The van der Waals surface area contributed by atoms with Crippen LogP contribution in [0.1, 0.15) is 10.4 Å². The summed E-state index contributed by atoms with van der Waals surface area (Å²) in [6, 6.07) is 7.87. The fourth-order valence-electron chi connectivity index (χ4n) is 1.51. The Bertz CT molecular complexity index is 646. The Labute approximate surface area is 113 Å². The molecule has 2 aromatic rings. The summed E-state index contributed by atoms with van der Waals surface area (Å²) < 4.78 is 18.3. The molecular formula is C13H9ClFNO3. The molecule has 4 nitrogen and oxygen atoms in total. The van der Waals surface area contributed by atoms with Crippen LogP contribution in [-0.2, 0) is 0 Å². The number of nitrogens with two attached hydrogens (primary N) is 1. The van der Waals surface area contributed by atoms with E-state index in [4.69, 9.17) is 27.2 Å². The first-order valence-electron chi connectivity index (χ1n) is 5.23. The fraction of sp³-hybridized carbons (Fsp3) is 0. The Morgan fingerprint density at radius 2 is 2.05 bits per heavy atom. The minimum absolute atomic E-state index is 0.0245. The molecule has 3 N–H and O–H groups in total. The predicted octanol–water partition coefficient (Wildman–Crippen LogP) is 3.55. The van der Waals surface area contributed by atoms with Crippen LogP contribution in [0.2, 0.25) is 5.02 Å². The molecule has 0 aliphatic heterocycles. The van der Waals surface area contributed by atoms with E-state index in [1.807, 2.05) is 0 Å². The number of ether oxygens (including phenoxy) is 1. The lowest BCUT2D eigenvalue weighted by atomic mass is 10.1. The molecule has 0 aliphatic rings. The van der Waals surface area contributed by atoms with Crippen molar-refractivity contribution in [1.82, 2.24) is 0 Å². The number of benzene rings is 2. The lowest BCUT2D eigenvalue weighted by Gasteiger charge is -2.12. The number of carboxylic acids is 1. The van der Waals surface area contributed by atoms with Crippen LogP contribution in [-0.4, -0.2) is 11.1 Å². The number of aromatic carboxylic acids is 1. The molecule has 0 radical (unpaired) electrons. The molecule has 2 aromatic carbocycles. The molecule has 19 heavy (non-hydrogen) atoms. The van der Waals surface area contributed by atoms with Crippen LogP contribution in [0, 0.1) is 5.82 Å². The molecule has 0 aromatic heterocycles. The van der Waals surface area contributed by atoms with Gasteiger partial charge >= 0.3 is 5.97 Å². The Morgan fingerprint density at radius 3 is 2.68 bits per heavy atom. The van der Waals surface area contributed by atoms with Gasteiger partial charge in [-0.15, -0.1) is 0 Å². The highest BCUT2D eigenvalue weighted by Crippen LogP contribution is 2.35. The van der Waals surface area contributed by atoms with E-state index < -0.39 is 11.8 Å². The van der Waals surface area contributed by atoms with Crippen molar-refractivity contribution in [2.45, 2.75) is 0 Å². The fourth-order valence-corrected chi connectivity index (χ4v) is 1.71. The van der Waals surface area contributed by atoms with Gasteiger partial charge in [0.25, 0.3) is 0 Å². The Kier molecular flexibility index (Phi) is 3.57. The van der Waals surface area contributed by atoms with Gasteiger partial charge in [-0.25, -0.2) is 9.18 Å². The first kappa shape index (κ1) is 13.2. The van der Waals surface area contributed by atoms with E-state index in [2.05, 4.69) is 0 Å². The van der Waals surface area contributed by atoms with Crippen molar-refractivity contribution in [3.8, 4) is 11.5 Å². The van der Waals surface area contributed by atoms with Crippen LogP contribution >= 0.6 is 11.6 Å². The first-order chi connectivity index (χ1) is 8.99. The van der Waals surface area contributed by atoms with E-state index in [-0.39, 0.29) is 27.8 Å². The Balaban J connectivity index is 2.46. The molecule has 0 saturated heterocycles. The number of carbonyl (C=O) groups is 1. The zero-order chi connectivity index (χ0) is 14.0. The number of hydrogen-bond donors (Lipinski definition) is 2. The topological polar surface area (TPSA) is 72.6 Å². The van der Waals surface area contributed by atoms with Gasteiger partial charge in [0.2, 0.25) is 0 Å². The number of hydrogen-bond acceptors (Lipinski definition) is 3. The predicted molar refractivity (Wildman–Crippen MR) is 69.3 cm³/mol. The van der Waals surface area contributed by atoms with Crippen LogP contribution in [0.25, 0.3) is 0 Å². The van der Waals surface area contributed by atoms with Crippen LogP contribution < -0.4 is 10.5 Å². The maximum Gasteiger partial charge on any atom is 0.339 e. The lowest BCUT2D eigenvalue weighted by Crippen LogP contribution is -2.03. The van der Waals surface area contributed by atoms with Gasteiger partial charge in [0.05, 0.1) is 10.7 Å². The third kappa shape index (κ3) is 2.77. The molecule has 0 atom stereocenters. The molecule has 0 saturated carbocycles. The number of carboxylic acid groups (broad SMARTS) is 1. The summed E-state index contributed by atoms with van der Waals surface area (Å²) in [5.41, 5.74) is 5.74.